The molecule has 2 aromatic rings. The summed E-state index contributed by atoms with van der Waals surface area (Å²) in [7, 11) is 3.26. The number of anilines is 2. The highest BCUT2D eigenvalue weighted by atomic mass is 35.5. The number of benzene rings is 1. The number of halogens is 1. The van der Waals surface area contributed by atoms with Gasteiger partial charge in [-0.3, -0.25) is 20.1 Å². The highest BCUT2D eigenvalue weighted by Crippen LogP contribution is 2.36. The van der Waals surface area contributed by atoms with Gasteiger partial charge >= 0.3 is 0 Å². The highest BCUT2D eigenvalue weighted by molar-refractivity contribution is 6.32. The summed E-state index contributed by atoms with van der Waals surface area (Å²) in [5, 5.41) is 21.3. The van der Waals surface area contributed by atoms with E-state index in [1.165, 1.54) is 5.01 Å². The summed E-state index contributed by atoms with van der Waals surface area (Å²) in [6.45, 7) is 1.74. The average molecular weight is 443 g/mol. The Labute approximate surface area is 184 Å². The van der Waals surface area contributed by atoms with Crippen molar-refractivity contribution in [1.29, 1.82) is 5.26 Å². The lowest BCUT2D eigenvalue weighted by atomic mass is 9.88. The quantitative estimate of drug-likeness (QED) is 0.544. The van der Waals surface area contributed by atoms with E-state index in [2.05, 4.69) is 31.3 Å². The minimum absolute atomic E-state index is 0.0173. The third kappa shape index (κ3) is 4.07. The van der Waals surface area contributed by atoms with Crippen molar-refractivity contribution in [3.05, 3.63) is 40.8 Å². The summed E-state index contributed by atoms with van der Waals surface area (Å²) in [6.07, 6.45) is 1.61. The number of hydrazine groups is 1. The summed E-state index contributed by atoms with van der Waals surface area (Å²) in [5.74, 6) is 0.648. The molecule has 10 nitrogen and oxygen atoms in total. The van der Waals surface area contributed by atoms with Crippen LogP contribution in [0.3, 0.4) is 0 Å². The molecule has 2 fully saturated rings. The summed E-state index contributed by atoms with van der Waals surface area (Å²) in [5.41, 5.74) is 4.71. The maximum atomic E-state index is 12.8. The average Bonchev–Trinajstić information content (AvgIpc) is 3.03. The first-order valence-electron chi connectivity index (χ1n) is 9.80. The molecule has 2 aliphatic heterocycles. The Kier molecular flexibility index (Phi) is 5.82. The lowest BCUT2D eigenvalue weighted by molar-refractivity contribution is -0.131. The molecule has 1 aromatic heterocycles. The number of hydrogen-bond acceptors (Lipinski definition) is 9. The first-order valence-corrected chi connectivity index (χ1v) is 10.2. The molecule has 162 valence electrons. The normalized spacial score (nSPS) is 25.0. The van der Waals surface area contributed by atoms with Gasteiger partial charge in [-0.2, -0.15) is 5.26 Å². The molecule has 0 saturated carbocycles. The maximum absolute atomic E-state index is 12.8. The van der Waals surface area contributed by atoms with Crippen LogP contribution in [0.15, 0.2) is 24.4 Å². The topological polar surface area (TPSA) is 127 Å². The Hall–Kier alpha value is -3.13. The van der Waals surface area contributed by atoms with E-state index >= 15 is 0 Å². The smallest absolute Gasteiger partial charge is 0.244 e. The number of aryl methyl sites for hydroxylation is 1. The van der Waals surface area contributed by atoms with E-state index in [0.29, 0.717) is 34.4 Å². The number of nitrogens with zero attached hydrogens (tertiary/aromatic N) is 4. The first kappa shape index (κ1) is 21.1. The highest BCUT2D eigenvalue weighted by Gasteiger charge is 2.48. The molecule has 4 atom stereocenters. The van der Waals surface area contributed by atoms with Crippen LogP contribution in [-0.4, -0.2) is 53.4 Å². The number of amides is 1. The molecule has 31 heavy (non-hydrogen) atoms. The number of hydrogen-bond donors (Lipinski definition) is 4. The van der Waals surface area contributed by atoms with E-state index in [4.69, 9.17) is 16.3 Å². The van der Waals surface area contributed by atoms with Gasteiger partial charge in [0.05, 0.1) is 48.0 Å². The number of carbonyl (C=O) groups is 1. The summed E-state index contributed by atoms with van der Waals surface area (Å²) < 4.78 is 5.45. The van der Waals surface area contributed by atoms with Crippen LogP contribution in [0.4, 0.5) is 11.5 Å². The second-order valence-corrected chi connectivity index (χ2v) is 7.91. The molecule has 0 radical (unpaired) electrons. The van der Waals surface area contributed by atoms with Gasteiger partial charge < -0.3 is 15.4 Å². The van der Waals surface area contributed by atoms with Crippen LogP contribution in [0.5, 0.6) is 5.75 Å². The monoisotopic (exact) mass is 442 g/mol. The molecule has 0 bridgehead atoms. The number of rotatable bonds is 5. The van der Waals surface area contributed by atoms with Crippen molar-refractivity contribution in [2.75, 3.05) is 24.8 Å². The molecule has 1 amide bonds. The third-order valence-corrected chi connectivity index (χ3v) is 5.80. The molecule has 4 N–H and O–H groups in total. The van der Waals surface area contributed by atoms with E-state index in [0.717, 1.165) is 0 Å². The Morgan fingerprint density at radius 1 is 1.39 bits per heavy atom. The van der Waals surface area contributed by atoms with Crippen LogP contribution >= 0.6 is 11.6 Å². The Morgan fingerprint density at radius 3 is 2.94 bits per heavy atom. The molecular formula is C20H23ClN8O2. The largest absolute Gasteiger partial charge is 0.493 e. The number of fused-ring (bicyclic) bond motifs is 1. The Bertz CT molecular complexity index is 1040. The van der Waals surface area contributed by atoms with Gasteiger partial charge in [-0.15, -0.1) is 0 Å². The number of para-hydroxylation sites is 1. The van der Waals surface area contributed by atoms with Crippen molar-refractivity contribution in [1.82, 2.24) is 25.7 Å². The predicted molar refractivity (Wildman–Crippen MR) is 115 cm³/mol. The lowest BCUT2D eigenvalue weighted by Gasteiger charge is -2.39. The molecule has 4 rings (SSSR count). The first-order chi connectivity index (χ1) is 14.9. The lowest BCUT2D eigenvalue weighted by Crippen LogP contribution is -2.60. The minimum atomic E-state index is -0.342. The minimum Gasteiger partial charge on any atom is -0.493 e. The standard InChI is InChI=1S/C20H23ClN8O2/c1-10-14(8-22)25-16(9-23-10)26-15-7-13(17-19(27-15)28-29(2)20(17)30)24-12-6-4-5-11(21)18(12)31-3/h4-6,9,13,15,17,19,24,27-28H,7H2,1-3H3,(H,25,26). The van der Waals surface area contributed by atoms with Gasteiger partial charge in [-0.1, -0.05) is 17.7 Å². The second-order valence-electron chi connectivity index (χ2n) is 7.50. The fourth-order valence-electron chi connectivity index (χ4n) is 4.03. The number of aromatic nitrogens is 2. The predicted octanol–water partition coefficient (Wildman–Crippen LogP) is 1.45. The van der Waals surface area contributed by atoms with Crippen molar-refractivity contribution in [2.24, 2.45) is 5.92 Å². The number of piperidine rings is 1. The second kappa shape index (κ2) is 8.55. The van der Waals surface area contributed by atoms with Crippen molar-refractivity contribution in [2.45, 2.75) is 31.7 Å². The van der Waals surface area contributed by atoms with E-state index in [-0.39, 0.29) is 35.9 Å². The number of methoxy groups -OCH3 is 1. The molecule has 2 aliphatic rings. The van der Waals surface area contributed by atoms with Crippen LogP contribution in [0.25, 0.3) is 0 Å². The Balaban J connectivity index is 1.60. The molecule has 3 heterocycles. The van der Waals surface area contributed by atoms with Gasteiger partial charge in [-0.25, -0.2) is 10.4 Å². The fourth-order valence-corrected chi connectivity index (χ4v) is 4.28. The zero-order valence-electron chi connectivity index (χ0n) is 17.3. The van der Waals surface area contributed by atoms with Crippen molar-refractivity contribution in [3.8, 4) is 11.8 Å². The van der Waals surface area contributed by atoms with Crippen LogP contribution in [-0.2, 0) is 4.79 Å². The zero-order chi connectivity index (χ0) is 22.1. The van der Waals surface area contributed by atoms with Crippen LogP contribution in [0, 0.1) is 24.2 Å². The van der Waals surface area contributed by atoms with Gasteiger partial charge in [0, 0.05) is 19.5 Å². The molecule has 0 aliphatic carbocycles. The van der Waals surface area contributed by atoms with Gasteiger partial charge in [0.1, 0.15) is 11.9 Å². The van der Waals surface area contributed by atoms with Gasteiger partial charge in [0.25, 0.3) is 0 Å². The third-order valence-electron chi connectivity index (χ3n) is 5.51. The van der Waals surface area contributed by atoms with E-state index in [1.54, 1.807) is 33.3 Å². The van der Waals surface area contributed by atoms with Crippen molar-refractivity contribution in [3.63, 3.8) is 0 Å². The molecular weight excluding hydrogens is 420 g/mol. The fraction of sp³-hybridized carbons (Fsp3) is 0.400. The van der Waals surface area contributed by atoms with E-state index in [1.807, 2.05) is 18.2 Å². The molecule has 0 spiro atoms. The van der Waals surface area contributed by atoms with Crippen LogP contribution in [0.1, 0.15) is 17.8 Å². The molecule has 11 heteroatoms. The van der Waals surface area contributed by atoms with Gasteiger partial charge in [-0.05, 0) is 19.1 Å². The van der Waals surface area contributed by atoms with E-state index in [9.17, 15) is 10.1 Å². The number of carbonyl (C=O) groups excluding carboxylic acids is 1. The van der Waals surface area contributed by atoms with Gasteiger partial charge in [0.15, 0.2) is 11.4 Å². The summed E-state index contributed by atoms with van der Waals surface area (Å²) in [4.78, 5) is 21.3. The van der Waals surface area contributed by atoms with Crippen LogP contribution < -0.4 is 26.1 Å². The van der Waals surface area contributed by atoms with Gasteiger partial charge in [0.2, 0.25) is 5.91 Å². The number of nitriles is 1. The SMILES string of the molecule is COc1c(Cl)cccc1NC1CC(Nc2cnc(C)c(C#N)n2)NC2NN(C)C(=O)C12. The number of ether oxygens (including phenoxy) is 1. The van der Waals surface area contributed by atoms with Crippen molar-refractivity contribution >= 4 is 29.0 Å². The molecule has 4 unspecified atom stereocenters. The summed E-state index contributed by atoms with van der Waals surface area (Å²) in [6, 6.07) is 7.26. The summed E-state index contributed by atoms with van der Waals surface area (Å²) >= 11 is 6.27. The van der Waals surface area contributed by atoms with Crippen LogP contribution in [0.2, 0.25) is 5.02 Å². The maximum Gasteiger partial charge on any atom is 0.244 e. The zero-order valence-corrected chi connectivity index (χ0v) is 18.1. The molecule has 2 saturated heterocycles. The van der Waals surface area contributed by atoms with E-state index < -0.39 is 0 Å². The number of nitrogens with one attached hydrogen (secondary N) is 4. The molecule has 1 aromatic carbocycles. The van der Waals surface area contributed by atoms with Crippen molar-refractivity contribution < 1.29 is 9.53 Å². The Morgan fingerprint density at radius 2 is 2.19 bits per heavy atom.